The van der Waals surface area contributed by atoms with Crippen molar-refractivity contribution in [3.63, 3.8) is 0 Å². The van der Waals surface area contributed by atoms with Gasteiger partial charge in [0.2, 0.25) is 5.95 Å². The topological polar surface area (TPSA) is 110 Å². The second kappa shape index (κ2) is 13.1. The summed E-state index contributed by atoms with van der Waals surface area (Å²) in [5, 5.41) is 2.98. The Labute approximate surface area is 262 Å². The van der Waals surface area contributed by atoms with Gasteiger partial charge in [0.05, 0.1) is 30.9 Å². The number of likely N-dealkylation sites (tertiary alicyclic amines) is 1. The van der Waals surface area contributed by atoms with Gasteiger partial charge in [-0.25, -0.2) is 31.3 Å². The summed E-state index contributed by atoms with van der Waals surface area (Å²) in [4.78, 5) is 16.3. The number of nitrogens with one attached hydrogen (secondary N) is 1. The predicted octanol–water partition coefficient (Wildman–Crippen LogP) is 6.10. The Kier molecular flexibility index (Phi) is 9.88. The van der Waals surface area contributed by atoms with Gasteiger partial charge in [-0.15, -0.1) is 0 Å². The second-order valence-electron chi connectivity index (χ2n) is 10.9. The molecule has 1 fully saturated rings. The molecule has 1 saturated heterocycles. The van der Waals surface area contributed by atoms with Crippen LogP contribution in [0.5, 0.6) is 11.5 Å². The Balaban J connectivity index is 1.68. The number of ether oxygens (including phenoxy) is 3. The molecule has 1 atom stereocenters. The molecule has 0 bridgehead atoms. The maximum atomic E-state index is 15.9. The minimum absolute atomic E-state index is 0.0535. The fourth-order valence-corrected chi connectivity index (χ4v) is 6.65. The zero-order valence-corrected chi connectivity index (χ0v) is 27.1. The van der Waals surface area contributed by atoms with Crippen molar-refractivity contribution in [2.75, 3.05) is 36.9 Å². The lowest BCUT2D eigenvalue weighted by Gasteiger charge is -2.26. The molecular weight excluding hydrogens is 669 g/mol. The minimum Gasteiger partial charge on any atom is -0.497 e. The fourth-order valence-electron chi connectivity index (χ4n) is 4.58. The average molecular weight is 702 g/mol. The van der Waals surface area contributed by atoms with Crippen molar-refractivity contribution >= 4 is 43.6 Å². The number of carbonyl (C=O) groups excluding carboxylic acids is 1. The smallest absolute Gasteiger partial charge is 0.410 e. The molecule has 1 unspecified atom stereocenters. The number of hydrogen-bond donors (Lipinski definition) is 1. The molecule has 3 aromatic rings. The van der Waals surface area contributed by atoms with Gasteiger partial charge in [0, 0.05) is 30.8 Å². The second-order valence-corrected chi connectivity index (χ2v) is 13.5. The van der Waals surface area contributed by atoms with Gasteiger partial charge >= 0.3 is 6.09 Å². The van der Waals surface area contributed by atoms with Crippen LogP contribution in [-0.4, -0.2) is 63.3 Å². The van der Waals surface area contributed by atoms with Crippen LogP contribution < -0.4 is 19.1 Å². The first kappa shape index (κ1) is 33.2. The number of methoxy groups -OCH3 is 2. The molecule has 44 heavy (non-hydrogen) atoms. The van der Waals surface area contributed by atoms with E-state index in [-0.39, 0.29) is 28.0 Å². The number of halogens is 4. The summed E-state index contributed by atoms with van der Waals surface area (Å²) in [6.07, 6.45) is -0.0586. The summed E-state index contributed by atoms with van der Waals surface area (Å²) in [5.41, 5.74) is -0.453. The number of rotatable bonds is 9. The zero-order valence-electron chi connectivity index (χ0n) is 24.7. The summed E-state index contributed by atoms with van der Waals surface area (Å²) in [5.74, 6) is -3.56. The molecule has 0 radical (unpaired) electrons. The number of carbonyl (C=O) groups is 1. The maximum absolute atomic E-state index is 15.9. The van der Waals surface area contributed by atoms with Crippen molar-refractivity contribution in [2.45, 2.75) is 50.3 Å². The van der Waals surface area contributed by atoms with E-state index in [9.17, 15) is 17.6 Å². The highest BCUT2D eigenvalue weighted by Crippen LogP contribution is 2.37. The van der Waals surface area contributed by atoms with E-state index >= 15 is 8.78 Å². The molecule has 2 aromatic carbocycles. The summed E-state index contributed by atoms with van der Waals surface area (Å²) >= 11 is 3.07. The van der Waals surface area contributed by atoms with Gasteiger partial charge in [0.1, 0.15) is 28.7 Å². The van der Waals surface area contributed by atoms with Crippen molar-refractivity contribution in [3.8, 4) is 11.5 Å². The van der Waals surface area contributed by atoms with E-state index in [1.807, 2.05) is 0 Å². The van der Waals surface area contributed by atoms with Gasteiger partial charge in [-0.2, -0.15) is 4.39 Å². The van der Waals surface area contributed by atoms with E-state index in [2.05, 4.69) is 26.2 Å². The normalized spacial score (nSPS) is 15.2. The monoisotopic (exact) mass is 700 g/mol. The first-order valence-corrected chi connectivity index (χ1v) is 15.7. The Hall–Kier alpha value is -3.72. The predicted molar refractivity (Wildman–Crippen MR) is 161 cm³/mol. The number of anilines is 2. The summed E-state index contributed by atoms with van der Waals surface area (Å²) in [7, 11) is -2.24. The Bertz CT molecular complexity index is 1650. The largest absolute Gasteiger partial charge is 0.497 e. The van der Waals surface area contributed by atoms with Crippen LogP contribution in [0.4, 0.5) is 29.5 Å². The van der Waals surface area contributed by atoms with Gasteiger partial charge in [-0.3, -0.25) is 0 Å². The van der Waals surface area contributed by atoms with Gasteiger partial charge in [-0.05, 0) is 73.5 Å². The summed E-state index contributed by atoms with van der Waals surface area (Å²) < 4.78 is 89.8. The molecule has 0 aliphatic carbocycles. The van der Waals surface area contributed by atoms with Crippen molar-refractivity contribution < 1.29 is 40.6 Å². The van der Waals surface area contributed by atoms with E-state index in [4.69, 9.17) is 14.2 Å². The van der Waals surface area contributed by atoms with Gasteiger partial charge in [0.15, 0.2) is 10.7 Å². The molecule has 2 heterocycles. The van der Waals surface area contributed by atoms with Crippen LogP contribution in [0, 0.1) is 17.6 Å². The van der Waals surface area contributed by atoms with Crippen molar-refractivity contribution in [1.82, 2.24) is 9.88 Å². The molecule has 0 spiro atoms. The first-order chi connectivity index (χ1) is 20.6. The van der Waals surface area contributed by atoms with Crippen LogP contribution in [0.25, 0.3) is 0 Å². The summed E-state index contributed by atoms with van der Waals surface area (Å²) in [6, 6.07) is 8.45. The number of amides is 1. The lowest BCUT2D eigenvalue weighted by Crippen LogP contribution is -2.36. The van der Waals surface area contributed by atoms with Gasteiger partial charge in [0.25, 0.3) is 10.0 Å². The van der Waals surface area contributed by atoms with Crippen LogP contribution in [0.15, 0.2) is 51.8 Å². The lowest BCUT2D eigenvalue weighted by molar-refractivity contribution is 0.0293. The highest BCUT2D eigenvalue weighted by atomic mass is 79.9. The van der Waals surface area contributed by atoms with Crippen molar-refractivity contribution in [3.05, 3.63) is 70.1 Å². The van der Waals surface area contributed by atoms with Crippen LogP contribution in [0.3, 0.4) is 0 Å². The third kappa shape index (κ3) is 7.32. The van der Waals surface area contributed by atoms with Crippen LogP contribution in [-0.2, 0) is 21.3 Å². The number of sulfonamides is 1. The highest BCUT2D eigenvalue weighted by Gasteiger charge is 2.36. The van der Waals surface area contributed by atoms with Crippen LogP contribution in [0.1, 0.15) is 32.8 Å². The molecule has 1 N–H and O–H groups in total. The first-order valence-electron chi connectivity index (χ1n) is 13.4. The zero-order chi connectivity index (χ0) is 32.4. The molecule has 1 amide bonds. The van der Waals surface area contributed by atoms with Gasteiger partial charge in [-0.1, -0.05) is 6.07 Å². The third-order valence-corrected chi connectivity index (χ3v) is 9.19. The SMILES string of the molecule is COc1ccc(CN(c2cccc(F)n2)S(=O)(=O)c2c(F)cc(NC3CCN(C(=O)OC(C)(C)C)C3)c(Br)c2F)c(OC)c1. The molecule has 4 rings (SSSR count). The number of hydrogen-bond acceptors (Lipinski definition) is 8. The van der Waals surface area contributed by atoms with Crippen LogP contribution in [0.2, 0.25) is 0 Å². The molecule has 0 saturated carbocycles. The molecule has 10 nitrogen and oxygen atoms in total. The third-order valence-electron chi connectivity index (χ3n) is 6.63. The molecular formula is C29H32BrF3N4O6S. The van der Waals surface area contributed by atoms with E-state index in [0.717, 1.165) is 12.1 Å². The molecule has 238 valence electrons. The highest BCUT2D eigenvalue weighted by molar-refractivity contribution is 9.10. The maximum Gasteiger partial charge on any atom is 0.410 e. The van der Waals surface area contributed by atoms with E-state index in [1.165, 1.54) is 43.4 Å². The Morgan fingerprint density at radius 2 is 1.86 bits per heavy atom. The molecule has 15 heteroatoms. The van der Waals surface area contributed by atoms with E-state index in [0.29, 0.717) is 23.0 Å². The van der Waals surface area contributed by atoms with E-state index in [1.54, 1.807) is 26.8 Å². The average Bonchev–Trinajstić information content (AvgIpc) is 3.42. The number of aromatic nitrogens is 1. The number of pyridine rings is 1. The minimum atomic E-state index is -5.03. The molecule has 1 aliphatic heterocycles. The summed E-state index contributed by atoms with van der Waals surface area (Å²) in [6.45, 7) is 5.28. The Morgan fingerprint density at radius 3 is 2.50 bits per heavy atom. The number of benzene rings is 2. The van der Waals surface area contributed by atoms with Crippen molar-refractivity contribution in [1.29, 1.82) is 0 Å². The lowest BCUT2D eigenvalue weighted by atomic mass is 10.2. The van der Waals surface area contributed by atoms with E-state index < -0.39 is 62.6 Å². The fraction of sp³-hybridized carbons (Fsp3) is 0.379. The van der Waals surface area contributed by atoms with Crippen molar-refractivity contribution in [2.24, 2.45) is 0 Å². The Morgan fingerprint density at radius 1 is 1.14 bits per heavy atom. The standard InChI is InChI=1S/C29H32BrF3N4O6S/c1-29(2,3)43-28(38)36-12-11-18(16-36)34-21-14-20(31)27(26(33)25(21)30)44(39,40)37(24-8-6-7-23(32)35-24)15-17-9-10-19(41-4)13-22(17)42-5/h6-10,13-14,18,34H,11-12,15-16H2,1-5H3. The van der Waals surface area contributed by atoms with Crippen LogP contribution >= 0.6 is 15.9 Å². The van der Waals surface area contributed by atoms with Gasteiger partial charge < -0.3 is 24.4 Å². The quantitative estimate of drug-likeness (QED) is 0.211. The number of nitrogens with zero attached hydrogens (tertiary/aromatic N) is 3. The molecule has 1 aliphatic rings. The molecule has 1 aromatic heterocycles.